The Morgan fingerprint density at radius 1 is 1.18 bits per heavy atom. The number of carbonyl (C=O) groups excluding carboxylic acids is 1. The summed E-state index contributed by atoms with van der Waals surface area (Å²) in [4.78, 5) is 12.4. The number of nitrogens with two attached hydrogens (primary N) is 1. The fourth-order valence-corrected chi connectivity index (χ4v) is 5.02. The smallest absolute Gasteiger partial charge is 0.272 e. The van der Waals surface area contributed by atoms with Crippen LogP contribution in [0, 0.1) is 20.8 Å². The Balaban J connectivity index is 2.21. The van der Waals surface area contributed by atoms with E-state index in [0.29, 0.717) is 31.1 Å². The quantitative estimate of drug-likeness (QED) is 0.743. The minimum atomic E-state index is -3.49. The maximum absolute atomic E-state index is 12.9. The summed E-state index contributed by atoms with van der Waals surface area (Å²) in [5, 5.41) is 0. The molecule has 0 spiro atoms. The van der Waals surface area contributed by atoms with Crippen LogP contribution in [-0.4, -0.2) is 51.4 Å². The molecule has 22 heavy (non-hydrogen) atoms. The van der Waals surface area contributed by atoms with Crippen molar-refractivity contribution in [2.75, 3.05) is 32.7 Å². The van der Waals surface area contributed by atoms with E-state index < -0.39 is 10.0 Å². The SMILES string of the molecule is Cc1cc(C)c(S(=O)(=O)N2CC[NH+](CC(N)=O)CC2)c(C)c1. The predicted octanol–water partition coefficient (Wildman–Crippen LogP) is -1.01. The van der Waals surface area contributed by atoms with E-state index >= 15 is 0 Å². The minimum absolute atomic E-state index is 0.260. The molecular weight excluding hydrogens is 302 g/mol. The van der Waals surface area contributed by atoms with E-state index in [4.69, 9.17) is 5.73 Å². The van der Waals surface area contributed by atoms with E-state index in [2.05, 4.69) is 0 Å². The van der Waals surface area contributed by atoms with Gasteiger partial charge in [-0.2, -0.15) is 4.31 Å². The van der Waals surface area contributed by atoms with Crippen LogP contribution in [0.15, 0.2) is 17.0 Å². The highest BCUT2D eigenvalue weighted by Crippen LogP contribution is 2.25. The summed E-state index contributed by atoms with van der Waals surface area (Å²) in [6.45, 7) is 7.93. The number of primary amides is 1. The molecule has 0 bridgehead atoms. The third kappa shape index (κ3) is 3.48. The molecule has 1 amide bonds. The average Bonchev–Trinajstić information content (AvgIpc) is 2.36. The highest BCUT2D eigenvalue weighted by atomic mass is 32.2. The van der Waals surface area contributed by atoms with Crippen LogP contribution in [0.25, 0.3) is 0 Å². The van der Waals surface area contributed by atoms with Crippen LogP contribution in [0.5, 0.6) is 0 Å². The van der Waals surface area contributed by atoms with E-state index in [1.807, 2.05) is 32.9 Å². The maximum Gasteiger partial charge on any atom is 0.272 e. The van der Waals surface area contributed by atoms with E-state index in [1.165, 1.54) is 4.31 Å². The average molecular weight is 326 g/mol. The first-order chi connectivity index (χ1) is 10.2. The summed E-state index contributed by atoms with van der Waals surface area (Å²) in [5.74, 6) is -0.350. The Morgan fingerprint density at radius 3 is 2.14 bits per heavy atom. The van der Waals surface area contributed by atoms with E-state index in [0.717, 1.165) is 21.6 Å². The molecule has 122 valence electrons. The van der Waals surface area contributed by atoms with Gasteiger partial charge in [-0.1, -0.05) is 17.7 Å². The third-order valence-electron chi connectivity index (χ3n) is 4.06. The Morgan fingerprint density at radius 2 is 1.68 bits per heavy atom. The number of hydrogen-bond acceptors (Lipinski definition) is 3. The van der Waals surface area contributed by atoms with Crippen molar-refractivity contribution in [2.24, 2.45) is 5.73 Å². The summed E-state index contributed by atoms with van der Waals surface area (Å²) in [6.07, 6.45) is 0. The van der Waals surface area contributed by atoms with Gasteiger partial charge in [0.2, 0.25) is 10.0 Å². The molecule has 3 N–H and O–H groups in total. The van der Waals surface area contributed by atoms with Gasteiger partial charge in [-0.25, -0.2) is 8.42 Å². The van der Waals surface area contributed by atoms with Gasteiger partial charge < -0.3 is 10.6 Å². The number of aryl methyl sites for hydroxylation is 3. The van der Waals surface area contributed by atoms with Gasteiger partial charge in [0, 0.05) is 0 Å². The van der Waals surface area contributed by atoms with Gasteiger partial charge in [0.1, 0.15) is 0 Å². The van der Waals surface area contributed by atoms with Crippen molar-refractivity contribution >= 4 is 15.9 Å². The molecule has 1 aliphatic rings. The number of nitrogens with zero attached hydrogens (tertiary/aromatic N) is 1. The minimum Gasteiger partial charge on any atom is -0.365 e. The number of piperazine rings is 1. The van der Waals surface area contributed by atoms with Crippen molar-refractivity contribution in [3.63, 3.8) is 0 Å². The van der Waals surface area contributed by atoms with Crippen LogP contribution in [0.2, 0.25) is 0 Å². The molecule has 0 unspecified atom stereocenters. The number of sulfonamides is 1. The van der Waals surface area contributed by atoms with Crippen LogP contribution in [0.1, 0.15) is 16.7 Å². The number of amides is 1. The molecule has 1 saturated heterocycles. The van der Waals surface area contributed by atoms with Gasteiger partial charge in [-0.15, -0.1) is 0 Å². The fourth-order valence-electron chi connectivity index (χ4n) is 3.17. The van der Waals surface area contributed by atoms with Crippen LogP contribution >= 0.6 is 0 Å². The lowest BCUT2D eigenvalue weighted by Gasteiger charge is -2.31. The lowest BCUT2D eigenvalue weighted by Crippen LogP contribution is -3.15. The number of hydrogen-bond donors (Lipinski definition) is 2. The molecule has 1 aromatic carbocycles. The van der Waals surface area contributed by atoms with Gasteiger partial charge in [0.25, 0.3) is 5.91 Å². The van der Waals surface area contributed by atoms with Gasteiger partial charge in [-0.05, 0) is 31.9 Å². The molecule has 6 nitrogen and oxygen atoms in total. The maximum atomic E-state index is 12.9. The largest absolute Gasteiger partial charge is 0.365 e. The van der Waals surface area contributed by atoms with Gasteiger partial charge in [0.05, 0.1) is 31.1 Å². The first-order valence-electron chi connectivity index (χ1n) is 7.41. The topological polar surface area (TPSA) is 84.9 Å². The number of benzene rings is 1. The zero-order chi connectivity index (χ0) is 16.5. The number of carbonyl (C=O) groups is 1. The van der Waals surface area contributed by atoms with Crippen molar-refractivity contribution in [3.05, 3.63) is 28.8 Å². The van der Waals surface area contributed by atoms with Gasteiger partial charge >= 0.3 is 0 Å². The normalized spacial score (nSPS) is 17.6. The second-order valence-corrected chi connectivity index (χ2v) is 7.90. The lowest BCUT2D eigenvalue weighted by molar-refractivity contribution is -0.895. The molecule has 0 radical (unpaired) electrons. The molecular formula is C15H24N3O3S+. The summed E-state index contributed by atoms with van der Waals surface area (Å²) in [5.41, 5.74) is 7.82. The zero-order valence-corrected chi connectivity index (χ0v) is 14.2. The Hall–Kier alpha value is -1.44. The van der Waals surface area contributed by atoms with Crippen LogP contribution in [-0.2, 0) is 14.8 Å². The Bertz CT molecular complexity index is 654. The summed E-state index contributed by atoms with van der Waals surface area (Å²) in [7, 11) is -3.49. The monoisotopic (exact) mass is 326 g/mol. The molecule has 2 rings (SSSR count). The van der Waals surface area contributed by atoms with Gasteiger partial charge in [0.15, 0.2) is 6.54 Å². The predicted molar refractivity (Wildman–Crippen MR) is 84.2 cm³/mol. The third-order valence-corrected chi connectivity index (χ3v) is 6.26. The summed E-state index contributed by atoms with van der Waals surface area (Å²) < 4.78 is 27.3. The fraction of sp³-hybridized carbons (Fsp3) is 0.533. The summed E-state index contributed by atoms with van der Waals surface area (Å²) in [6, 6.07) is 3.79. The first-order valence-corrected chi connectivity index (χ1v) is 8.85. The van der Waals surface area contributed by atoms with Gasteiger partial charge in [-0.3, -0.25) is 4.79 Å². The molecule has 0 aliphatic carbocycles. The lowest BCUT2D eigenvalue weighted by atomic mass is 10.1. The van der Waals surface area contributed by atoms with E-state index in [1.54, 1.807) is 0 Å². The second-order valence-electron chi connectivity index (χ2n) is 6.03. The van der Waals surface area contributed by atoms with Crippen molar-refractivity contribution in [1.82, 2.24) is 4.31 Å². The molecule has 1 aliphatic heterocycles. The molecule has 1 heterocycles. The van der Waals surface area contributed by atoms with Crippen LogP contribution < -0.4 is 10.6 Å². The van der Waals surface area contributed by atoms with Crippen LogP contribution in [0.4, 0.5) is 0 Å². The number of nitrogens with one attached hydrogen (secondary N) is 1. The van der Waals surface area contributed by atoms with E-state index in [9.17, 15) is 13.2 Å². The van der Waals surface area contributed by atoms with E-state index in [-0.39, 0.29) is 12.5 Å². The molecule has 7 heteroatoms. The Kier molecular flexibility index (Phi) is 4.89. The zero-order valence-electron chi connectivity index (χ0n) is 13.3. The van der Waals surface area contributed by atoms with Crippen molar-refractivity contribution in [1.29, 1.82) is 0 Å². The Labute approximate surface area is 131 Å². The van der Waals surface area contributed by atoms with Crippen LogP contribution in [0.3, 0.4) is 0 Å². The molecule has 0 saturated carbocycles. The number of quaternary nitrogens is 1. The standard InChI is InChI=1S/C15H23N3O3S/c1-11-8-12(2)15(13(3)9-11)22(20,21)18-6-4-17(5-7-18)10-14(16)19/h8-9H,4-7,10H2,1-3H3,(H2,16,19)/p+1. The highest BCUT2D eigenvalue weighted by Gasteiger charge is 2.32. The molecule has 0 atom stereocenters. The van der Waals surface area contributed by atoms with Crippen molar-refractivity contribution in [2.45, 2.75) is 25.7 Å². The van der Waals surface area contributed by atoms with Crippen molar-refractivity contribution in [3.8, 4) is 0 Å². The highest BCUT2D eigenvalue weighted by molar-refractivity contribution is 7.89. The summed E-state index contributed by atoms with van der Waals surface area (Å²) >= 11 is 0. The number of rotatable bonds is 4. The first kappa shape index (κ1) is 16.9. The molecule has 0 aromatic heterocycles. The molecule has 1 aromatic rings. The molecule has 1 fully saturated rings. The second kappa shape index (κ2) is 6.36. The van der Waals surface area contributed by atoms with Crippen molar-refractivity contribution < 1.29 is 18.1 Å².